The fourth-order valence-electron chi connectivity index (χ4n) is 0.571. The molecule has 0 radical (unpaired) electrons. The number of hydrogen-bond acceptors (Lipinski definition) is 2. The summed E-state index contributed by atoms with van der Waals surface area (Å²) in [6.45, 7) is 3.07. The van der Waals surface area contributed by atoms with Crippen molar-refractivity contribution in [3.05, 3.63) is 0 Å². The summed E-state index contributed by atoms with van der Waals surface area (Å²) in [5.41, 5.74) is 5.27. The Morgan fingerprint density at radius 1 is 1.00 bits per heavy atom. The van der Waals surface area contributed by atoms with Crippen molar-refractivity contribution in [1.82, 2.24) is 6.15 Å². The molecule has 0 aromatic rings. The minimum Gasteiger partial charge on any atom is -0.412 e. The van der Waals surface area contributed by atoms with Crippen molar-refractivity contribution in [2.24, 2.45) is 5.73 Å². The van der Waals surface area contributed by atoms with Gasteiger partial charge in [0.05, 0.1) is 0 Å². The molecule has 0 saturated heterocycles. The Morgan fingerprint density at radius 3 is 1.80 bits per heavy atom. The summed E-state index contributed by atoms with van der Waals surface area (Å²) in [6, 6.07) is 0. The van der Waals surface area contributed by atoms with Crippen LogP contribution in [0.5, 0.6) is 0 Å². The Hall–Kier alpha value is -0.160. The summed E-state index contributed by atoms with van der Waals surface area (Å²) >= 11 is 0. The summed E-state index contributed by atoms with van der Waals surface area (Å²) in [7, 11) is 0. The highest BCUT2D eigenvalue weighted by atomic mass is 16.0. The van der Waals surface area contributed by atoms with E-state index in [-0.39, 0.29) is 17.1 Å². The van der Waals surface area contributed by atoms with Crippen molar-refractivity contribution in [2.45, 2.75) is 32.6 Å². The molecule has 0 amide bonds. The van der Waals surface area contributed by atoms with E-state index in [1.807, 2.05) is 0 Å². The standard InChI is InChI=1S/C6H15N.H3N.2H2O/c1-2-3-4-5-6-7;;;/h2-7H2,1H3;1H3;2*1H2. The zero-order chi connectivity index (χ0) is 5.54. The lowest BCUT2D eigenvalue weighted by Crippen LogP contribution is -1.97. The van der Waals surface area contributed by atoms with E-state index in [9.17, 15) is 0 Å². The zero-order valence-corrected chi connectivity index (χ0v) is 6.82. The number of nitrogens with two attached hydrogens (primary N) is 1. The Morgan fingerprint density at radius 2 is 1.50 bits per heavy atom. The molecule has 9 N–H and O–H groups in total. The molecule has 4 nitrogen and oxygen atoms in total. The van der Waals surface area contributed by atoms with Gasteiger partial charge in [0.25, 0.3) is 0 Å². The van der Waals surface area contributed by atoms with Crippen molar-refractivity contribution in [1.29, 1.82) is 0 Å². The van der Waals surface area contributed by atoms with E-state index in [4.69, 9.17) is 5.73 Å². The van der Waals surface area contributed by atoms with Gasteiger partial charge in [-0.15, -0.1) is 0 Å². The highest BCUT2D eigenvalue weighted by molar-refractivity contribution is 4.38. The first-order valence-electron chi connectivity index (χ1n) is 3.12. The first kappa shape index (κ1) is 22.5. The molecule has 0 aromatic heterocycles. The van der Waals surface area contributed by atoms with E-state index in [2.05, 4.69) is 6.92 Å². The average molecular weight is 154 g/mol. The molecular weight excluding hydrogens is 132 g/mol. The predicted octanol–water partition coefficient (Wildman–Crippen LogP) is 0.0380. The van der Waals surface area contributed by atoms with Crippen LogP contribution >= 0.6 is 0 Å². The van der Waals surface area contributed by atoms with Gasteiger partial charge in [0.2, 0.25) is 0 Å². The first-order valence-corrected chi connectivity index (χ1v) is 3.12. The molecule has 0 heterocycles. The molecule has 0 unspecified atom stereocenters. The van der Waals surface area contributed by atoms with Gasteiger partial charge >= 0.3 is 0 Å². The quantitative estimate of drug-likeness (QED) is 0.555. The maximum absolute atomic E-state index is 5.27. The van der Waals surface area contributed by atoms with Gasteiger partial charge in [-0.1, -0.05) is 26.2 Å². The average Bonchev–Trinajstić information content (AvgIpc) is 1.69. The van der Waals surface area contributed by atoms with E-state index in [1.54, 1.807) is 0 Å². The maximum Gasteiger partial charge on any atom is -0.00773 e. The molecular formula is C6H22N2O2. The molecule has 0 spiro atoms. The third kappa shape index (κ3) is 24.9. The number of hydrogen-bond donors (Lipinski definition) is 2. The molecule has 0 bridgehead atoms. The van der Waals surface area contributed by atoms with E-state index in [0.29, 0.717) is 0 Å². The van der Waals surface area contributed by atoms with Crippen LogP contribution in [0.2, 0.25) is 0 Å². The van der Waals surface area contributed by atoms with E-state index in [1.165, 1.54) is 25.7 Å². The monoisotopic (exact) mass is 154 g/mol. The molecule has 0 fully saturated rings. The summed E-state index contributed by atoms with van der Waals surface area (Å²) in [6.07, 6.45) is 5.16. The fraction of sp³-hybridized carbons (Fsp3) is 1.00. The van der Waals surface area contributed by atoms with Crippen LogP contribution in [-0.2, 0) is 0 Å². The predicted molar refractivity (Wildman–Crippen MR) is 45.4 cm³/mol. The Bertz CT molecular complexity index is 32.9. The highest BCUT2D eigenvalue weighted by Gasteiger charge is 1.80. The summed E-state index contributed by atoms with van der Waals surface area (Å²) < 4.78 is 0. The Kier molecular flexibility index (Phi) is 52.3. The second-order valence-corrected chi connectivity index (χ2v) is 1.85. The molecule has 4 heteroatoms. The van der Waals surface area contributed by atoms with Crippen LogP contribution in [0.1, 0.15) is 32.6 Å². The van der Waals surface area contributed by atoms with Crippen LogP contribution in [0.3, 0.4) is 0 Å². The van der Waals surface area contributed by atoms with Crippen molar-refractivity contribution < 1.29 is 11.0 Å². The Balaban J connectivity index is -0.0000000600. The van der Waals surface area contributed by atoms with E-state index >= 15 is 0 Å². The highest BCUT2D eigenvalue weighted by Crippen LogP contribution is 1.95. The summed E-state index contributed by atoms with van der Waals surface area (Å²) in [5, 5.41) is 0. The third-order valence-corrected chi connectivity index (χ3v) is 1.06. The molecule has 0 aliphatic heterocycles. The number of unbranched alkanes of at least 4 members (excludes halogenated alkanes) is 3. The molecule has 0 atom stereocenters. The third-order valence-electron chi connectivity index (χ3n) is 1.06. The van der Waals surface area contributed by atoms with Crippen molar-refractivity contribution in [3.63, 3.8) is 0 Å². The smallest absolute Gasteiger partial charge is 0.00773 e. The SMILES string of the molecule is CCCCCCN.N.O.O. The lowest BCUT2D eigenvalue weighted by atomic mass is 10.2. The van der Waals surface area contributed by atoms with E-state index in [0.717, 1.165) is 6.54 Å². The van der Waals surface area contributed by atoms with Crippen LogP contribution in [0, 0.1) is 0 Å². The van der Waals surface area contributed by atoms with Gasteiger partial charge in [-0.25, -0.2) is 0 Å². The molecule has 10 heavy (non-hydrogen) atoms. The van der Waals surface area contributed by atoms with Crippen molar-refractivity contribution in [2.75, 3.05) is 6.54 Å². The van der Waals surface area contributed by atoms with Gasteiger partial charge < -0.3 is 22.8 Å². The minimum absolute atomic E-state index is 0. The van der Waals surface area contributed by atoms with Gasteiger partial charge in [-0.2, -0.15) is 0 Å². The molecule has 0 aromatic carbocycles. The van der Waals surface area contributed by atoms with Crippen LogP contribution in [-0.4, -0.2) is 17.5 Å². The molecule has 0 aliphatic rings. The summed E-state index contributed by atoms with van der Waals surface area (Å²) in [4.78, 5) is 0. The second kappa shape index (κ2) is 23.2. The van der Waals surface area contributed by atoms with E-state index < -0.39 is 0 Å². The minimum atomic E-state index is 0. The fourth-order valence-corrected chi connectivity index (χ4v) is 0.571. The van der Waals surface area contributed by atoms with Gasteiger partial charge in [-0.3, -0.25) is 0 Å². The van der Waals surface area contributed by atoms with Gasteiger partial charge in [-0.05, 0) is 13.0 Å². The van der Waals surface area contributed by atoms with Gasteiger partial charge in [0, 0.05) is 0 Å². The normalized spacial score (nSPS) is 6.60. The molecule has 0 rings (SSSR count). The molecule has 0 aliphatic carbocycles. The molecule has 68 valence electrons. The van der Waals surface area contributed by atoms with Crippen LogP contribution < -0.4 is 11.9 Å². The van der Waals surface area contributed by atoms with Crippen molar-refractivity contribution >= 4 is 0 Å². The largest absolute Gasteiger partial charge is 0.412 e. The lowest BCUT2D eigenvalue weighted by Gasteiger charge is -1.90. The second-order valence-electron chi connectivity index (χ2n) is 1.85. The van der Waals surface area contributed by atoms with Crippen LogP contribution in [0.15, 0.2) is 0 Å². The van der Waals surface area contributed by atoms with Crippen LogP contribution in [0.4, 0.5) is 0 Å². The van der Waals surface area contributed by atoms with Crippen LogP contribution in [0.25, 0.3) is 0 Å². The zero-order valence-electron chi connectivity index (χ0n) is 6.82. The van der Waals surface area contributed by atoms with Crippen molar-refractivity contribution in [3.8, 4) is 0 Å². The first-order chi connectivity index (χ1) is 3.41. The lowest BCUT2D eigenvalue weighted by molar-refractivity contribution is 0.674. The topological polar surface area (TPSA) is 124 Å². The summed E-state index contributed by atoms with van der Waals surface area (Å²) in [5.74, 6) is 0. The number of rotatable bonds is 4. The van der Waals surface area contributed by atoms with Gasteiger partial charge in [0.1, 0.15) is 0 Å². The molecule has 0 saturated carbocycles. The van der Waals surface area contributed by atoms with Gasteiger partial charge in [0.15, 0.2) is 0 Å². The maximum atomic E-state index is 5.27. The Labute approximate surface area is 63.0 Å².